The number of benzene rings is 2. The lowest BCUT2D eigenvalue weighted by molar-refractivity contribution is 0.0950. The van der Waals surface area contributed by atoms with Gasteiger partial charge in [0.2, 0.25) is 0 Å². The van der Waals surface area contributed by atoms with Crippen molar-refractivity contribution in [1.82, 2.24) is 20.1 Å². The van der Waals surface area contributed by atoms with E-state index >= 15 is 0 Å². The van der Waals surface area contributed by atoms with Crippen LogP contribution < -0.4 is 10.1 Å². The Kier molecular flexibility index (Phi) is 5.52. The van der Waals surface area contributed by atoms with Crippen LogP contribution in [0.1, 0.15) is 17.3 Å². The fourth-order valence-corrected chi connectivity index (χ4v) is 3.27. The van der Waals surface area contributed by atoms with Crippen LogP contribution in [0.2, 0.25) is 0 Å². The first kappa shape index (κ1) is 18.7. The van der Waals surface area contributed by atoms with Crippen molar-refractivity contribution in [1.29, 1.82) is 0 Å². The quantitative estimate of drug-likeness (QED) is 0.523. The number of fused-ring (bicyclic) bond motifs is 1. The number of nitrogens with zero attached hydrogens (tertiary/aromatic N) is 3. The monoisotopic (exact) mass is 386 g/mol. The van der Waals surface area contributed by atoms with Crippen LogP contribution in [0.15, 0.2) is 73.1 Å². The van der Waals surface area contributed by atoms with Gasteiger partial charge in [0.25, 0.3) is 5.91 Å². The standard InChI is InChI=1S/C23H22N4O2/c1-2-29-21-11-10-17-7-3-4-8-18(17)22(21)23(28)25-14-16-27-15-12-20(26-27)19-9-5-6-13-24-19/h3-13,15H,2,14,16H2,1H3,(H,25,28). The Labute approximate surface area is 169 Å². The second-order valence-electron chi connectivity index (χ2n) is 6.53. The van der Waals surface area contributed by atoms with Crippen molar-refractivity contribution in [3.63, 3.8) is 0 Å². The summed E-state index contributed by atoms with van der Waals surface area (Å²) in [6, 6.07) is 19.3. The van der Waals surface area contributed by atoms with Crippen LogP contribution in [0.3, 0.4) is 0 Å². The summed E-state index contributed by atoms with van der Waals surface area (Å²) >= 11 is 0. The predicted octanol–water partition coefficient (Wildman–Crippen LogP) is 3.93. The van der Waals surface area contributed by atoms with Gasteiger partial charge in [-0.25, -0.2) is 0 Å². The molecule has 6 heteroatoms. The van der Waals surface area contributed by atoms with Crippen molar-refractivity contribution in [2.75, 3.05) is 13.2 Å². The van der Waals surface area contributed by atoms with Gasteiger partial charge in [-0.2, -0.15) is 5.10 Å². The van der Waals surface area contributed by atoms with Crippen LogP contribution in [0.25, 0.3) is 22.2 Å². The molecule has 29 heavy (non-hydrogen) atoms. The zero-order chi connectivity index (χ0) is 20.1. The van der Waals surface area contributed by atoms with Crippen LogP contribution in [0.4, 0.5) is 0 Å². The number of pyridine rings is 1. The van der Waals surface area contributed by atoms with Gasteiger partial charge in [0, 0.05) is 18.9 Å². The van der Waals surface area contributed by atoms with Gasteiger partial charge < -0.3 is 10.1 Å². The first-order valence-electron chi connectivity index (χ1n) is 9.64. The smallest absolute Gasteiger partial charge is 0.255 e. The average molecular weight is 386 g/mol. The normalized spacial score (nSPS) is 10.8. The number of ether oxygens (including phenoxy) is 1. The van der Waals surface area contributed by atoms with Gasteiger partial charge >= 0.3 is 0 Å². The molecule has 2 aromatic heterocycles. The predicted molar refractivity (Wildman–Crippen MR) is 113 cm³/mol. The first-order valence-corrected chi connectivity index (χ1v) is 9.64. The molecule has 6 nitrogen and oxygen atoms in total. The van der Waals surface area contributed by atoms with Gasteiger partial charge in [0.05, 0.1) is 24.4 Å². The Morgan fingerprint density at radius 2 is 1.90 bits per heavy atom. The molecule has 0 aliphatic carbocycles. The highest BCUT2D eigenvalue weighted by molar-refractivity contribution is 6.09. The number of hydrogen-bond acceptors (Lipinski definition) is 4. The zero-order valence-corrected chi connectivity index (χ0v) is 16.2. The summed E-state index contributed by atoms with van der Waals surface area (Å²) < 4.78 is 7.50. The third kappa shape index (κ3) is 4.11. The largest absolute Gasteiger partial charge is 0.493 e. The minimum Gasteiger partial charge on any atom is -0.493 e. The van der Waals surface area contributed by atoms with Crippen LogP contribution in [0, 0.1) is 0 Å². The minimum absolute atomic E-state index is 0.151. The molecular weight excluding hydrogens is 364 g/mol. The number of hydrogen-bond donors (Lipinski definition) is 1. The zero-order valence-electron chi connectivity index (χ0n) is 16.2. The average Bonchev–Trinajstić information content (AvgIpc) is 3.23. The van der Waals surface area contributed by atoms with Gasteiger partial charge in [-0.05, 0) is 42.0 Å². The van der Waals surface area contributed by atoms with Crippen LogP contribution >= 0.6 is 0 Å². The van der Waals surface area contributed by atoms with E-state index in [-0.39, 0.29) is 5.91 Å². The lowest BCUT2D eigenvalue weighted by Gasteiger charge is -2.13. The lowest BCUT2D eigenvalue weighted by Crippen LogP contribution is -2.28. The summed E-state index contributed by atoms with van der Waals surface area (Å²) in [7, 11) is 0. The molecular formula is C23H22N4O2. The fourth-order valence-electron chi connectivity index (χ4n) is 3.27. The van der Waals surface area contributed by atoms with Gasteiger partial charge in [-0.3, -0.25) is 14.5 Å². The molecule has 2 aromatic carbocycles. The first-order chi connectivity index (χ1) is 14.3. The van der Waals surface area contributed by atoms with E-state index in [4.69, 9.17) is 4.74 Å². The highest BCUT2D eigenvalue weighted by atomic mass is 16.5. The van der Waals surface area contributed by atoms with E-state index in [0.717, 1.165) is 22.2 Å². The number of carbonyl (C=O) groups excluding carboxylic acids is 1. The van der Waals surface area contributed by atoms with Crippen molar-refractivity contribution in [2.24, 2.45) is 0 Å². The molecule has 4 rings (SSSR count). The maximum atomic E-state index is 12.9. The highest BCUT2D eigenvalue weighted by Gasteiger charge is 2.16. The fraction of sp³-hybridized carbons (Fsp3) is 0.174. The molecule has 0 saturated heterocycles. The van der Waals surface area contributed by atoms with E-state index in [1.54, 1.807) is 10.9 Å². The summed E-state index contributed by atoms with van der Waals surface area (Å²) in [6.45, 7) is 3.43. The summed E-state index contributed by atoms with van der Waals surface area (Å²) in [5.41, 5.74) is 2.21. The molecule has 0 radical (unpaired) electrons. The molecule has 0 spiro atoms. The van der Waals surface area contributed by atoms with Gasteiger partial charge in [-0.1, -0.05) is 36.4 Å². The van der Waals surface area contributed by atoms with E-state index in [1.165, 1.54) is 0 Å². The van der Waals surface area contributed by atoms with Crippen molar-refractivity contribution >= 4 is 16.7 Å². The summed E-state index contributed by atoms with van der Waals surface area (Å²) in [5.74, 6) is 0.447. The molecule has 0 saturated carbocycles. The SMILES string of the molecule is CCOc1ccc2ccccc2c1C(=O)NCCn1ccc(-c2ccccn2)n1. The number of nitrogens with one attached hydrogen (secondary N) is 1. The molecule has 0 bridgehead atoms. The number of carbonyl (C=O) groups is 1. The number of amides is 1. The molecule has 0 atom stereocenters. The van der Waals surface area contributed by atoms with Gasteiger partial charge in [-0.15, -0.1) is 0 Å². The van der Waals surface area contributed by atoms with Crippen LogP contribution in [-0.2, 0) is 6.54 Å². The second-order valence-corrected chi connectivity index (χ2v) is 6.53. The molecule has 0 unspecified atom stereocenters. The second kappa shape index (κ2) is 8.56. The Balaban J connectivity index is 1.47. The van der Waals surface area contributed by atoms with Gasteiger partial charge in [0.15, 0.2) is 0 Å². The summed E-state index contributed by atoms with van der Waals surface area (Å²) in [6.07, 6.45) is 3.63. The minimum atomic E-state index is -0.151. The van der Waals surface area contributed by atoms with Crippen molar-refractivity contribution in [2.45, 2.75) is 13.5 Å². The third-order valence-electron chi connectivity index (χ3n) is 4.61. The Morgan fingerprint density at radius 3 is 2.72 bits per heavy atom. The van der Waals surface area contributed by atoms with Crippen LogP contribution in [-0.4, -0.2) is 33.8 Å². The third-order valence-corrected chi connectivity index (χ3v) is 4.61. The molecule has 0 aliphatic rings. The molecule has 0 fully saturated rings. The lowest BCUT2D eigenvalue weighted by atomic mass is 10.0. The molecule has 0 aliphatic heterocycles. The highest BCUT2D eigenvalue weighted by Crippen LogP contribution is 2.28. The van der Waals surface area contributed by atoms with E-state index in [2.05, 4.69) is 15.4 Å². The Bertz CT molecular complexity index is 1120. The van der Waals surface area contributed by atoms with Crippen molar-refractivity contribution in [3.05, 3.63) is 78.6 Å². The molecule has 1 N–H and O–H groups in total. The van der Waals surface area contributed by atoms with Gasteiger partial charge in [0.1, 0.15) is 11.4 Å². The number of rotatable bonds is 7. The Hall–Kier alpha value is -3.67. The van der Waals surface area contributed by atoms with Crippen LogP contribution in [0.5, 0.6) is 5.75 Å². The van der Waals surface area contributed by atoms with E-state index in [0.29, 0.717) is 31.0 Å². The molecule has 1 amide bonds. The van der Waals surface area contributed by atoms with E-state index < -0.39 is 0 Å². The van der Waals surface area contributed by atoms with E-state index in [9.17, 15) is 4.79 Å². The van der Waals surface area contributed by atoms with Crippen molar-refractivity contribution < 1.29 is 9.53 Å². The van der Waals surface area contributed by atoms with Crippen molar-refractivity contribution in [3.8, 4) is 17.1 Å². The summed E-state index contributed by atoms with van der Waals surface area (Å²) in [5, 5.41) is 9.41. The topological polar surface area (TPSA) is 69.0 Å². The van der Waals surface area contributed by atoms with E-state index in [1.807, 2.05) is 73.8 Å². The molecule has 4 aromatic rings. The summed E-state index contributed by atoms with van der Waals surface area (Å²) in [4.78, 5) is 17.2. The number of aromatic nitrogens is 3. The maximum absolute atomic E-state index is 12.9. The molecule has 146 valence electrons. The molecule has 2 heterocycles. The maximum Gasteiger partial charge on any atom is 0.255 e. The Morgan fingerprint density at radius 1 is 1.03 bits per heavy atom.